The van der Waals surface area contributed by atoms with Gasteiger partial charge in [0.1, 0.15) is 0 Å². The summed E-state index contributed by atoms with van der Waals surface area (Å²) in [6, 6.07) is 0.602. The highest BCUT2D eigenvalue weighted by molar-refractivity contribution is 6.18. The third-order valence-electron chi connectivity index (χ3n) is 1.60. The summed E-state index contributed by atoms with van der Waals surface area (Å²) in [6.45, 7) is 1.16. The van der Waals surface area contributed by atoms with Gasteiger partial charge in [-0.2, -0.15) is 0 Å². The van der Waals surface area contributed by atoms with E-state index in [2.05, 4.69) is 5.32 Å². The van der Waals surface area contributed by atoms with E-state index < -0.39 is 0 Å². The number of halogens is 1. The van der Waals surface area contributed by atoms with Crippen LogP contribution in [0.3, 0.4) is 0 Å². The molecular weight excluding hydrogens is 122 g/mol. The zero-order valence-electron chi connectivity index (χ0n) is 4.99. The van der Waals surface area contributed by atoms with Crippen LogP contribution < -0.4 is 5.32 Å². The molecule has 1 nitrogen and oxygen atoms in total. The highest BCUT2D eigenvalue weighted by Crippen LogP contribution is 2.07. The van der Waals surface area contributed by atoms with Gasteiger partial charge < -0.3 is 5.32 Å². The Balaban J connectivity index is 2.13. The fourth-order valence-corrected chi connectivity index (χ4v) is 1.32. The quantitative estimate of drug-likeness (QED) is 0.533. The molecule has 0 radical (unpaired) electrons. The molecule has 1 atom stereocenters. The Hall–Kier alpha value is 0.250. The Bertz CT molecular complexity index is 59.5. The summed E-state index contributed by atoms with van der Waals surface area (Å²) in [5.74, 6) is 0.778. The lowest BCUT2D eigenvalue weighted by Crippen LogP contribution is -2.35. The molecule has 8 heavy (non-hydrogen) atoms. The van der Waals surface area contributed by atoms with Crippen LogP contribution in [-0.4, -0.2) is 18.5 Å². The molecule has 1 N–H and O–H groups in total. The summed E-state index contributed by atoms with van der Waals surface area (Å²) in [5.41, 5.74) is 0. The van der Waals surface area contributed by atoms with Gasteiger partial charge in [0.25, 0.3) is 0 Å². The second kappa shape index (κ2) is 3.31. The van der Waals surface area contributed by atoms with Crippen molar-refractivity contribution < 1.29 is 0 Å². The van der Waals surface area contributed by atoms with E-state index in [1.54, 1.807) is 0 Å². The molecule has 1 heterocycles. The molecule has 0 spiro atoms. The van der Waals surface area contributed by atoms with Crippen LogP contribution in [0.5, 0.6) is 0 Å². The molecule has 1 aliphatic rings. The van der Waals surface area contributed by atoms with Crippen molar-refractivity contribution in [2.75, 3.05) is 12.4 Å². The minimum Gasteiger partial charge on any atom is -0.313 e. The molecule has 48 valence electrons. The lowest BCUT2D eigenvalue weighted by atomic mass is 10.1. The Morgan fingerprint density at radius 2 is 2.38 bits per heavy atom. The topological polar surface area (TPSA) is 12.0 Å². The van der Waals surface area contributed by atoms with E-state index >= 15 is 0 Å². The van der Waals surface area contributed by atoms with E-state index in [0.717, 1.165) is 12.4 Å². The van der Waals surface area contributed by atoms with Gasteiger partial charge in [0, 0.05) is 11.9 Å². The molecule has 0 amide bonds. The average molecular weight is 134 g/mol. The molecule has 1 aliphatic heterocycles. The fraction of sp³-hybridized carbons (Fsp3) is 1.00. The van der Waals surface area contributed by atoms with Crippen LogP contribution in [0.15, 0.2) is 0 Å². The first-order chi connectivity index (χ1) is 3.93. The van der Waals surface area contributed by atoms with Crippen molar-refractivity contribution in [1.29, 1.82) is 0 Å². The van der Waals surface area contributed by atoms with Gasteiger partial charge in [-0.25, -0.2) is 0 Å². The standard InChI is InChI=1S/C6H12ClN/c7-5-6-3-1-2-4-8-6/h6,8H,1-5H2. The summed E-state index contributed by atoms with van der Waals surface area (Å²) in [6.07, 6.45) is 3.95. The van der Waals surface area contributed by atoms with Gasteiger partial charge in [0.2, 0.25) is 0 Å². The summed E-state index contributed by atoms with van der Waals surface area (Å²) >= 11 is 5.62. The summed E-state index contributed by atoms with van der Waals surface area (Å²) in [4.78, 5) is 0. The van der Waals surface area contributed by atoms with E-state index in [1.165, 1.54) is 19.3 Å². The van der Waals surface area contributed by atoms with Gasteiger partial charge in [-0.15, -0.1) is 11.6 Å². The molecule has 0 aromatic heterocycles. The van der Waals surface area contributed by atoms with Gasteiger partial charge >= 0.3 is 0 Å². The fourth-order valence-electron chi connectivity index (χ4n) is 1.06. The van der Waals surface area contributed by atoms with Crippen molar-refractivity contribution in [2.24, 2.45) is 0 Å². The van der Waals surface area contributed by atoms with Crippen molar-refractivity contribution in [2.45, 2.75) is 25.3 Å². The first kappa shape index (κ1) is 6.37. The Morgan fingerprint density at radius 1 is 1.50 bits per heavy atom. The number of hydrogen-bond acceptors (Lipinski definition) is 1. The van der Waals surface area contributed by atoms with Crippen LogP contribution in [0.1, 0.15) is 19.3 Å². The van der Waals surface area contributed by atoms with Crippen LogP contribution in [0.25, 0.3) is 0 Å². The summed E-state index contributed by atoms with van der Waals surface area (Å²) in [5, 5.41) is 3.34. The third-order valence-corrected chi connectivity index (χ3v) is 1.97. The second-order valence-electron chi connectivity index (χ2n) is 2.30. The molecule has 0 saturated carbocycles. The maximum atomic E-state index is 5.62. The minimum absolute atomic E-state index is 0.602. The predicted molar refractivity (Wildman–Crippen MR) is 36.4 cm³/mol. The summed E-state index contributed by atoms with van der Waals surface area (Å²) < 4.78 is 0. The SMILES string of the molecule is ClCC1CCCCN1. The van der Waals surface area contributed by atoms with E-state index in [-0.39, 0.29) is 0 Å². The smallest absolute Gasteiger partial charge is 0.0377 e. The maximum Gasteiger partial charge on any atom is 0.0377 e. The zero-order chi connectivity index (χ0) is 5.82. The normalized spacial score (nSPS) is 30.4. The van der Waals surface area contributed by atoms with Gasteiger partial charge in [0.05, 0.1) is 0 Å². The molecule has 0 bridgehead atoms. The zero-order valence-corrected chi connectivity index (χ0v) is 5.75. The largest absolute Gasteiger partial charge is 0.313 e. The summed E-state index contributed by atoms with van der Waals surface area (Å²) in [7, 11) is 0. The number of nitrogens with one attached hydrogen (secondary N) is 1. The van der Waals surface area contributed by atoms with Crippen molar-refractivity contribution in [3.05, 3.63) is 0 Å². The van der Waals surface area contributed by atoms with E-state index in [0.29, 0.717) is 6.04 Å². The van der Waals surface area contributed by atoms with Gasteiger partial charge in [-0.05, 0) is 19.4 Å². The van der Waals surface area contributed by atoms with E-state index in [4.69, 9.17) is 11.6 Å². The van der Waals surface area contributed by atoms with Crippen LogP contribution in [0, 0.1) is 0 Å². The van der Waals surface area contributed by atoms with Gasteiger partial charge in [0.15, 0.2) is 0 Å². The van der Waals surface area contributed by atoms with E-state index in [1.807, 2.05) is 0 Å². The number of alkyl halides is 1. The van der Waals surface area contributed by atoms with Crippen molar-refractivity contribution >= 4 is 11.6 Å². The Kier molecular flexibility index (Phi) is 2.64. The first-order valence-electron chi connectivity index (χ1n) is 3.23. The lowest BCUT2D eigenvalue weighted by molar-refractivity contribution is 0.428. The monoisotopic (exact) mass is 133 g/mol. The molecule has 0 aromatic rings. The maximum absolute atomic E-state index is 5.62. The lowest BCUT2D eigenvalue weighted by Gasteiger charge is -2.20. The second-order valence-corrected chi connectivity index (χ2v) is 2.61. The first-order valence-corrected chi connectivity index (χ1v) is 3.76. The highest BCUT2D eigenvalue weighted by atomic mass is 35.5. The molecule has 1 fully saturated rings. The third kappa shape index (κ3) is 1.64. The van der Waals surface area contributed by atoms with Crippen LogP contribution >= 0.6 is 11.6 Å². The molecule has 0 aromatic carbocycles. The van der Waals surface area contributed by atoms with Crippen LogP contribution in [0.4, 0.5) is 0 Å². The molecule has 1 saturated heterocycles. The molecular formula is C6H12ClN. The Labute approximate surface area is 55.4 Å². The van der Waals surface area contributed by atoms with Crippen LogP contribution in [0.2, 0.25) is 0 Å². The predicted octanol–water partition coefficient (Wildman–Crippen LogP) is 1.37. The van der Waals surface area contributed by atoms with E-state index in [9.17, 15) is 0 Å². The highest BCUT2D eigenvalue weighted by Gasteiger charge is 2.09. The number of piperidine rings is 1. The van der Waals surface area contributed by atoms with Crippen molar-refractivity contribution in [1.82, 2.24) is 5.32 Å². The molecule has 1 rings (SSSR count). The minimum atomic E-state index is 0.602. The van der Waals surface area contributed by atoms with Gasteiger partial charge in [-0.1, -0.05) is 6.42 Å². The molecule has 2 heteroatoms. The number of hydrogen-bond donors (Lipinski definition) is 1. The Morgan fingerprint density at radius 3 is 2.75 bits per heavy atom. The number of rotatable bonds is 1. The van der Waals surface area contributed by atoms with Crippen molar-refractivity contribution in [3.63, 3.8) is 0 Å². The van der Waals surface area contributed by atoms with Gasteiger partial charge in [-0.3, -0.25) is 0 Å². The molecule has 1 unspecified atom stereocenters. The van der Waals surface area contributed by atoms with Crippen LogP contribution in [-0.2, 0) is 0 Å². The molecule has 0 aliphatic carbocycles. The average Bonchev–Trinajstić information content (AvgIpc) is 1.90. The van der Waals surface area contributed by atoms with Crippen molar-refractivity contribution in [3.8, 4) is 0 Å².